The second kappa shape index (κ2) is 8.58. The minimum Gasteiger partial charge on any atom is -0.497 e. The Labute approximate surface area is 159 Å². The Morgan fingerprint density at radius 1 is 1.19 bits per heavy atom. The molecule has 1 amide bonds. The first-order valence-electron chi connectivity index (χ1n) is 9.22. The Bertz CT molecular complexity index is 894. The fourth-order valence-corrected chi connectivity index (χ4v) is 2.82. The number of carbonyl (C=O) groups is 1. The molecule has 0 aliphatic heterocycles. The van der Waals surface area contributed by atoms with Crippen LogP contribution in [0.2, 0.25) is 0 Å². The van der Waals surface area contributed by atoms with Crippen molar-refractivity contribution < 1.29 is 13.9 Å². The van der Waals surface area contributed by atoms with Crippen LogP contribution in [0.15, 0.2) is 46.9 Å². The molecule has 0 saturated heterocycles. The number of methoxy groups -OCH3 is 1. The van der Waals surface area contributed by atoms with Gasteiger partial charge in [-0.2, -0.15) is 5.10 Å². The quantitative estimate of drug-likeness (QED) is 0.600. The summed E-state index contributed by atoms with van der Waals surface area (Å²) in [5.41, 5.74) is 1.88. The highest BCUT2D eigenvalue weighted by molar-refractivity contribution is 5.94. The third-order valence-electron chi connectivity index (χ3n) is 4.32. The van der Waals surface area contributed by atoms with Crippen molar-refractivity contribution >= 4 is 5.91 Å². The zero-order valence-corrected chi connectivity index (χ0v) is 16.0. The lowest BCUT2D eigenvalue weighted by atomic mass is 10.2. The van der Waals surface area contributed by atoms with Crippen LogP contribution < -0.4 is 10.1 Å². The van der Waals surface area contributed by atoms with Crippen LogP contribution in [0.4, 0.5) is 0 Å². The van der Waals surface area contributed by atoms with E-state index in [1.807, 2.05) is 43.3 Å². The fraction of sp³-hybridized carbons (Fsp3) is 0.333. The summed E-state index contributed by atoms with van der Waals surface area (Å²) in [4.78, 5) is 12.7. The van der Waals surface area contributed by atoms with Gasteiger partial charge in [0, 0.05) is 12.6 Å². The molecule has 0 atom stereocenters. The molecule has 0 unspecified atom stereocenters. The predicted octanol–water partition coefficient (Wildman–Crippen LogP) is 4.37. The largest absolute Gasteiger partial charge is 0.497 e. The van der Waals surface area contributed by atoms with Crippen molar-refractivity contribution in [1.29, 1.82) is 0 Å². The highest BCUT2D eigenvalue weighted by Gasteiger charge is 2.19. The molecule has 1 N–H and O–H groups in total. The number of rotatable bonds is 8. The lowest BCUT2D eigenvalue weighted by molar-refractivity contribution is 0.0945. The van der Waals surface area contributed by atoms with Crippen molar-refractivity contribution in [2.24, 2.45) is 0 Å². The molecule has 2 heterocycles. The summed E-state index contributed by atoms with van der Waals surface area (Å²) in [6.45, 7) is 4.67. The van der Waals surface area contributed by atoms with Crippen molar-refractivity contribution in [1.82, 2.24) is 15.1 Å². The maximum absolute atomic E-state index is 12.7. The van der Waals surface area contributed by atoms with Crippen LogP contribution in [0.25, 0.3) is 17.1 Å². The number of hydrogen-bond acceptors (Lipinski definition) is 4. The molecule has 0 saturated carbocycles. The zero-order valence-electron chi connectivity index (χ0n) is 16.0. The van der Waals surface area contributed by atoms with Gasteiger partial charge in [-0.25, -0.2) is 4.68 Å². The van der Waals surface area contributed by atoms with E-state index in [1.54, 1.807) is 17.9 Å². The van der Waals surface area contributed by atoms with Gasteiger partial charge in [-0.05, 0) is 49.7 Å². The molecule has 6 heteroatoms. The normalized spacial score (nSPS) is 10.8. The van der Waals surface area contributed by atoms with Crippen molar-refractivity contribution in [3.05, 3.63) is 53.9 Å². The molecule has 3 aromatic rings. The molecule has 1 aromatic carbocycles. The summed E-state index contributed by atoms with van der Waals surface area (Å²) in [5.74, 6) is 2.04. The molecular formula is C21H25N3O3. The number of unbranched alkanes of at least 4 members (excludes halogenated alkanes) is 2. The van der Waals surface area contributed by atoms with Crippen LogP contribution in [-0.4, -0.2) is 29.3 Å². The standard InChI is InChI=1S/C21H25N3O3/c1-4-5-6-13-22-21(25)19-14-18(20-12-7-15(2)27-20)23-24(19)16-8-10-17(26-3)11-9-16/h7-12,14H,4-6,13H2,1-3H3,(H,22,25). The first kappa shape index (κ1) is 18.8. The Balaban J connectivity index is 1.93. The average molecular weight is 367 g/mol. The number of benzene rings is 1. The van der Waals surface area contributed by atoms with E-state index >= 15 is 0 Å². The van der Waals surface area contributed by atoms with Gasteiger partial charge in [0.2, 0.25) is 0 Å². The molecule has 0 bridgehead atoms. The number of nitrogens with one attached hydrogen (secondary N) is 1. The smallest absolute Gasteiger partial charge is 0.270 e. The van der Waals surface area contributed by atoms with Gasteiger partial charge in [0.05, 0.1) is 12.8 Å². The third kappa shape index (κ3) is 4.39. The van der Waals surface area contributed by atoms with Gasteiger partial charge in [0.15, 0.2) is 5.76 Å². The van der Waals surface area contributed by atoms with Crippen LogP contribution in [0.5, 0.6) is 5.75 Å². The number of aryl methyl sites for hydroxylation is 1. The molecule has 0 aliphatic carbocycles. The molecule has 0 aliphatic rings. The van der Waals surface area contributed by atoms with Crippen molar-refractivity contribution in [2.75, 3.05) is 13.7 Å². The van der Waals surface area contributed by atoms with Crippen molar-refractivity contribution in [3.8, 4) is 22.9 Å². The van der Waals surface area contributed by atoms with E-state index in [1.165, 1.54) is 0 Å². The fourth-order valence-electron chi connectivity index (χ4n) is 2.82. The maximum atomic E-state index is 12.7. The van der Waals surface area contributed by atoms with Gasteiger partial charge in [0.1, 0.15) is 22.9 Å². The van der Waals surface area contributed by atoms with Gasteiger partial charge in [0.25, 0.3) is 5.91 Å². The molecule has 142 valence electrons. The molecule has 2 aromatic heterocycles. The van der Waals surface area contributed by atoms with E-state index in [2.05, 4.69) is 17.3 Å². The van der Waals surface area contributed by atoms with E-state index in [0.717, 1.165) is 36.5 Å². The topological polar surface area (TPSA) is 69.3 Å². The second-order valence-electron chi connectivity index (χ2n) is 6.40. The molecule has 0 radical (unpaired) electrons. The minimum atomic E-state index is -0.149. The molecule has 27 heavy (non-hydrogen) atoms. The molecule has 6 nitrogen and oxygen atoms in total. The van der Waals surface area contributed by atoms with Gasteiger partial charge >= 0.3 is 0 Å². The Morgan fingerprint density at radius 2 is 1.96 bits per heavy atom. The molecule has 0 fully saturated rings. The van der Waals surface area contributed by atoms with Crippen LogP contribution in [0, 0.1) is 6.92 Å². The summed E-state index contributed by atoms with van der Waals surface area (Å²) >= 11 is 0. The van der Waals surface area contributed by atoms with Gasteiger partial charge in [-0.3, -0.25) is 4.79 Å². The van der Waals surface area contributed by atoms with Crippen molar-refractivity contribution in [3.63, 3.8) is 0 Å². The lowest BCUT2D eigenvalue weighted by Crippen LogP contribution is -2.26. The highest BCUT2D eigenvalue weighted by atomic mass is 16.5. The van der Waals surface area contributed by atoms with Crippen LogP contribution in [-0.2, 0) is 0 Å². The number of hydrogen-bond donors (Lipinski definition) is 1. The van der Waals surface area contributed by atoms with Crippen LogP contribution in [0.3, 0.4) is 0 Å². The summed E-state index contributed by atoms with van der Waals surface area (Å²) in [6, 6.07) is 12.9. The summed E-state index contributed by atoms with van der Waals surface area (Å²) in [6.07, 6.45) is 3.17. The average Bonchev–Trinajstić information content (AvgIpc) is 3.31. The number of aromatic nitrogens is 2. The second-order valence-corrected chi connectivity index (χ2v) is 6.40. The van der Waals surface area contributed by atoms with Gasteiger partial charge in [-0.15, -0.1) is 0 Å². The van der Waals surface area contributed by atoms with E-state index < -0.39 is 0 Å². The highest BCUT2D eigenvalue weighted by Crippen LogP contribution is 2.24. The monoisotopic (exact) mass is 367 g/mol. The number of furan rings is 1. The Kier molecular flexibility index (Phi) is 5.96. The number of carbonyl (C=O) groups excluding carboxylic acids is 1. The Hall–Kier alpha value is -3.02. The summed E-state index contributed by atoms with van der Waals surface area (Å²) in [5, 5.41) is 7.59. The van der Waals surface area contributed by atoms with E-state index in [0.29, 0.717) is 23.7 Å². The third-order valence-corrected chi connectivity index (χ3v) is 4.32. The minimum absolute atomic E-state index is 0.149. The predicted molar refractivity (Wildman–Crippen MR) is 104 cm³/mol. The van der Waals surface area contributed by atoms with E-state index in [4.69, 9.17) is 9.15 Å². The van der Waals surface area contributed by atoms with Crippen LogP contribution >= 0.6 is 0 Å². The maximum Gasteiger partial charge on any atom is 0.270 e. The zero-order chi connectivity index (χ0) is 19.2. The van der Waals surface area contributed by atoms with Gasteiger partial charge in [-0.1, -0.05) is 19.8 Å². The number of amides is 1. The van der Waals surface area contributed by atoms with Crippen LogP contribution in [0.1, 0.15) is 42.4 Å². The molecule has 0 spiro atoms. The number of nitrogens with zero attached hydrogens (tertiary/aromatic N) is 2. The van der Waals surface area contributed by atoms with E-state index in [9.17, 15) is 4.79 Å². The Morgan fingerprint density at radius 3 is 2.59 bits per heavy atom. The lowest BCUT2D eigenvalue weighted by Gasteiger charge is -2.09. The van der Waals surface area contributed by atoms with E-state index in [-0.39, 0.29) is 5.91 Å². The number of ether oxygens (including phenoxy) is 1. The summed E-state index contributed by atoms with van der Waals surface area (Å²) in [7, 11) is 1.62. The first-order chi connectivity index (χ1) is 13.1. The SMILES string of the molecule is CCCCCNC(=O)c1cc(-c2ccc(C)o2)nn1-c1ccc(OC)cc1. The summed E-state index contributed by atoms with van der Waals surface area (Å²) < 4.78 is 12.5. The van der Waals surface area contributed by atoms with Crippen molar-refractivity contribution in [2.45, 2.75) is 33.1 Å². The van der Waals surface area contributed by atoms with Gasteiger partial charge < -0.3 is 14.5 Å². The molecular weight excluding hydrogens is 342 g/mol. The first-order valence-corrected chi connectivity index (χ1v) is 9.22. The molecule has 3 rings (SSSR count).